The van der Waals surface area contributed by atoms with Crippen molar-refractivity contribution in [1.82, 2.24) is 14.4 Å². The van der Waals surface area contributed by atoms with E-state index in [1.807, 2.05) is 6.20 Å². The summed E-state index contributed by atoms with van der Waals surface area (Å²) in [6, 6.07) is 25.7. The van der Waals surface area contributed by atoms with Crippen molar-refractivity contribution < 1.29 is 0 Å². The molecule has 0 aliphatic heterocycles. The summed E-state index contributed by atoms with van der Waals surface area (Å²) in [5.41, 5.74) is 8.70. The van der Waals surface area contributed by atoms with Crippen molar-refractivity contribution in [1.29, 1.82) is 0 Å². The lowest BCUT2D eigenvalue weighted by Gasteiger charge is -2.08. The van der Waals surface area contributed by atoms with Crippen molar-refractivity contribution in [2.24, 2.45) is 0 Å². The number of para-hydroxylation sites is 1. The molecule has 3 aromatic carbocycles. The Labute approximate surface area is 168 Å². The van der Waals surface area contributed by atoms with Crippen molar-refractivity contribution in [2.45, 2.75) is 13.8 Å². The first-order valence-electron chi connectivity index (χ1n) is 9.86. The minimum absolute atomic E-state index is 0.936. The van der Waals surface area contributed by atoms with Crippen LogP contribution in [0, 0.1) is 13.8 Å². The van der Waals surface area contributed by atoms with Gasteiger partial charge in [0.1, 0.15) is 11.2 Å². The van der Waals surface area contributed by atoms with Crippen LogP contribution in [-0.4, -0.2) is 14.4 Å². The van der Waals surface area contributed by atoms with Gasteiger partial charge in [0, 0.05) is 22.5 Å². The van der Waals surface area contributed by atoms with Gasteiger partial charge in [-0.15, -0.1) is 0 Å². The first kappa shape index (κ1) is 16.3. The van der Waals surface area contributed by atoms with E-state index in [9.17, 15) is 0 Å². The molecule has 0 amide bonds. The lowest BCUT2D eigenvalue weighted by Crippen LogP contribution is -1.91. The molecule has 0 saturated heterocycles. The average molecular weight is 373 g/mol. The zero-order valence-corrected chi connectivity index (χ0v) is 16.3. The molecule has 0 spiro atoms. The van der Waals surface area contributed by atoms with E-state index in [-0.39, 0.29) is 0 Å². The monoisotopic (exact) mass is 373 g/mol. The van der Waals surface area contributed by atoms with E-state index in [0.717, 1.165) is 33.3 Å². The molecule has 0 radical (unpaired) electrons. The Hall–Kier alpha value is -3.72. The molecule has 0 aliphatic carbocycles. The summed E-state index contributed by atoms with van der Waals surface area (Å²) in [6.45, 7) is 4.25. The molecule has 0 fully saturated rings. The van der Waals surface area contributed by atoms with E-state index in [2.05, 4.69) is 91.0 Å². The highest BCUT2D eigenvalue weighted by molar-refractivity contribution is 6.14. The number of hydrogen-bond acceptors (Lipinski definition) is 2. The molecule has 6 aromatic rings. The SMILES string of the molecule is Cc1cc(C)cc(-c2nccc3c2nc2c4ccccc4c4ccccc4n32)c1. The van der Waals surface area contributed by atoms with Crippen molar-refractivity contribution in [2.75, 3.05) is 0 Å². The topological polar surface area (TPSA) is 30.2 Å². The first-order valence-corrected chi connectivity index (χ1v) is 9.86. The molecule has 3 heterocycles. The van der Waals surface area contributed by atoms with Gasteiger partial charge in [0.2, 0.25) is 0 Å². The van der Waals surface area contributed by atoms with E-state index in [1.54, 1.807) is 0 Å². The number of fused-ring (bicyclic) bond motifs is 8. The molecule has 6 rings (SSSR count). The third kappa shape index (κ3) is 2.31. The number of rotatable bonds is 1. The molecular weight excluding hydrogens is 354 g/mol. The molecule has 3 nitrogen and oxygen atoms in total. The Morgan fingerprint density at radius 1 is 0.690 bits per heavy atom. The summed E-state index contributed by atoms with van der Waals surface area (Å²) in [5, 5.41) is 3.63. The fraction of sp³-hybridized carbons (Fsp3) is 0.0769. The maximum Gasteiger partial charge on any atom is 0.146 e. The Morgan fingerprint density at radius 2 is 1.38 bits per heavy atom. The second-order valence-electron chi connectivity index (χ2n) is 7.74. The molecule has 0 atom stereocenters. The lowest BCUT2D eigenvalue weighted by molar-refractivity contribution is 1.30. The Kier molecular flexibility index (Phi) is 3.30. The Bertz CT molecular complexity index is 1550. The molecule has 0 unspecified atom stereocenters. The summed E-state index contributed by atoms with van der Waals surface area (Å²) >= 11 is 0. The van der Waals surface area contributed by atoms with Crippen molar-refractivity contribution in [3.05, 3.63) is 90.1 Å². The number of imidazole rings is 1. The van der Waals surface area contributed by atoms with Crippen LogP contribution in [0.25, 0.3) is 49.6 Å². The summed E-state index contributed by atoms with van der Waals surface area (Å²) < 4.78 is 2.28. The van der Waals surface area contributed by atoms with Crippen LogP contribution in [0.1, 0.15) is 11.1 Å². The zero-order chi connectivity index (χ0) is 19.5. The van der Waals surface area contributed by atoms with Crippen molar-refractivity contribution >= 4 is 38.4 Å². The maximum absolute atomic E-state index is 5.13. The van der Waals surface area contributed by atoms with Crippen LogP contribution in [0.4, 0.5) is 0 Å². The highest BCUT2D eigenvalue weighted by Crippen LogP contribution is 2.34. The lowest BCUT2D eigenvalue weighted by atomic mass is 10.0. The highest BCUT2D eigenvalue weighted by Gasteiger charge is 2.16. The number of aromatic nitrogens is 3. The van der Waals surface area contributed by atoms with Crippen molar-refractivity contribution in [3.8, 4) is 11.3 Å². The summed E-state index contributed by atoms with van der Waals surface area (Å²) in [4.78, 5) is 9.87. The van der Waals surface area contributed by atoms with Gasteiger partial charge in [-0.1, -0.05) is 59.7 Å². The number of aryl methyl sites for hydroxylation is 2. The van der Waals surface area contributed by atoms with Gasteiger partial charge < -0.3 is 0 Å². The molecule has 0 N–H and O–H groups in total. The van der Waals surface area contributed by atoms with Gasteiger partial charge in [-0.25, -0.2) is 4.98 Å². The van der Waals surface area contributed by atoms with Crippen LogP contribution in [0.2, 0.25) is 0 Å². The minimum Gasteiger partial charge on any atom is -0.292 e. The molecule has 3 heteroatoms. The van der Waals surface area contributed by atoms with Gasteiger partial charge in [-0.05, 0) is 43.5 Å². The molecular formula is C26H19N3. The largest absolute Gasteiger partial charge is 0.292 e. The molecule has 138 valence electrons. The summed E-state index contributed by atoms with van der Waals surface area (Å²) in [6.07, 6.45) is 1.90. The summed E-state index contributed by atoms with van der Waals surface area (Å²) in [5.74, 6) is 0. The second-order valence-corrected chi connectivity index (χ2v) is 7.74. The maximum atomic E-state index is 5.13. The van der Waals surface area contributed by atoms with E-state index in [4.69, 9.17) is 9.97 Å². The third-order valence-electron chi connectivity index (χ3n) is 5.67. The zero-order valence-electron chi connectivity index (χ0n) is 16.3. The normalized spacial score (nSPS) is 11.8. The molecule has 3 aromatic heterocycles. The smallest absolute Gasteiger partial charge is 0.146 e. The van der Waals surface area contributed by atoms with Gasteiger partial charge in [0.15, 0.2) is 0 Å². The van der Waals surface area contributed by atoms with E-state index in [0.29, 0.717) is 0 Å². The fourth-order valence-electron chi connectivity index (χ4n) is 4.56. The average Bonchev–Trinajstić information content (AvgIpc) is 3.13. The van der Waals surface area contributed by atoms with Crippen LogP contribution in [0.5, 0.6) is 0 Å². The summed E-state index contributed by atoms with van der Waals surface area (Å²) in [7, 11) is 0. The van der Waals surface area contributed by atoms with E-state index < -0.39 is 0 Å². The van der Waals surface area contributed by atoms with E-state index in [1.165, 1.54) is 27.4 Å². The third-order valence-corrected chi connectivity index (χ3v) is 5.67. The van der Waals surface area contributed by atoms with Crippen LogP contribution in [-0.2, 0) is 0 Å². The van der Waals surface area contributed by atoms with Crippen LogP contribution >= 0.6 is 0 Å². The fourth-order valence-corrected chi connectivity index (χ4v) is 4.56. The quantitative estimate of drug-likeness (QED) is 0.309. The predicted octanol–water partition coefficient (Wildman–Crippen LogP) is 6.47. The first-order chi connectivity index (χ1) is 14.2. The predicted molar refractivity (Wildman–Crippen MR) is 120 cm³/mol. The molecule has 29 heavy (non-hydrogen) atoms. The number of benzene rings is 3. The van der Waals surface area contributed by atoms with Gasteiger partial charge in [-0.2, -0.15) is 0 Å². The number of hydrogen-bond donors (Lipinski definition) is 0. The number of pyridine rings is 2. The molecule has 0 bridgehead atoms. The molecule has 0 aliphatic rings. The van der Waals surface area contributed by atoms with Gasteiger partial charge in [0.25, 0.3) is 0 Å². The van der Waals surface area contributed by atoms with Crippen molar-refractivity contribution in [3.63, 3.8) is 0 Å². The second kappa shape index (κ2) is 5.89. The van der Waals surface area contributed by atoms with Gasteiger partial charge in [0.05, 0.1) is 16.7 Å². The van der Waals surface area contributed by atoms with Gasteiger partial charge >= 0.3 is 0 Å². The Morgan fingerprint density at radius 3 is 2.17 bits per heavy atom. The minimum atomic E-state index is 0.936. The standard InChI is InChI=1S/C26H19N3/c1-16-13-17(2)15-18(14-16)24-25-23(11-12-27-24)29-22-10-6-5-8-20(22)19-7-3-4-9-21(19)26(29)28-25/h3-15H,1-2H3. The van der Waals surface area contributed by atoms with Crippen LogP contribution in [0.15, 0.2) is 79.0 Å². The van der Waals surface area contributed by atoms with E-state index >= 15 is 0 Å². The van der Waals surface area contributed by atoms with Gasteiger partial charge in [-0.3, -0.25) is 9.38 Å². The van der Waals surface area contributed by atoms with Crippen LogP contribution in [0.3, 0.4) is 0 Å². The highest BCUT2D eigenvalue weighted by atomic mass is 15.0. The van der Waals surface area contributed by atoms with Crippen LogP contribution < -0.4 is 0 Å². The Balaban J connectivity index is 1.84. The number of nitrogens with zero attached hydrogens (tertiary/aromatic N) is 3. The molecule has 0 saturated carbocycles.